The van der Waals surface area contributed by atoms with Gasteiger partial charge in [-0.3, -0.25) is 19.5 Å². The number of rotatable bonds is 4. The van der Waals surface area contributed by atoms with Crippen LogP contribution in [0.15, 0.2) is 24.4 Å². The molecule has 1 aromatic heterocycles. The van der Waals surface area contributed by atoms with E-state index in [0.717, 1.165) is 24.2 Å². The summed E-state index contributed by atoms with van der Waals surface area (Å²) in [6, 6.07) is 4.78. The van der Waals surface area contributed by atoms with Crippen LogP contribution in [-0.2, 0) is 15.1 Å². The van der Waals surface area contributed by atoms with E-state index >= 15 is 0 Å². The molecule has 0 radical (unpaired) electrons. The number of hydrogen-bond acceptors (Lipinski definition) is 4. The summed E-state index contributed by atoms with van der Waals surface area (Å²) in [6.07, 6.45) is 8.20. The van der Waals surface area contributed by atoms with Gasteiger partial charge in [-0.05, 0) is 75.3 Å². The number of Topliss-reactive ketones (excluding diaryl/α,β-unsaturated/α-hetero) is 1. The SMILES string of the molecule is CC1(c2ccccn2)NC(=O)N(CC(=O)C23CC4CC(CC(C4)C2)C3)C1=O. The number of urea groups is 1. The van der Waals surface area contributed by atoms with Gasteiger partial charge in [0.1, 0.15) is 0 Å². The van der Waals surface area contributed by atoms with Crippen LogP contribution in [0.5, 0.6) is 0 Å². The van der Waals surface area contributed by atoms with Crippen LogP contribution in [0, 0.1) is 23.2 Å². The molecule has 1 atom stereocenters. The van der Waals surface area contributed by atoms with Gasteiger partial charge in [-0.25, -0.2) is 4.79 Å². The Balaban J connectivity index is 1.37. The van der Waals surface area contributed by atoms with Gasteiger partial charge in [-0.2, -0.15) is 0 Å². The van der Waals surface area contributed by atoms with Gasteiger partial charge < -0.3 is 5.32 Å². The number of imide groups is 1. The zero-order valence-electron chi connectivity index (χ0n) is 15.6. The smallest absolute Gasteiger partial charge is 0.318 e. The summed E-state index contributed by atoms with van der Waals surface area (Å²) in [5, 5.41) is 2.75. The molecular weight excluding hydrogens is 342 g/mol. The summed E-state index contributed by atoms with van der Waals surface area (Å²) >= 11 is 0. The number of pyridine rings is 1. The van der Waals surface area contributed by atoms with Gasteiger partial charge >= 0.3 is 6.03 Å². The lowest BCUT2D eigenvalue weighted by Gasteiger charge is -2.56. The van der Waals surface area contributed by atoms with Crippen molar-refractivity contribution in [2.24, 2.45) is 23.2 Å². The number of aromatic nitrogens is 1. The second-order valence-corrected chi connectivity index (χ2v) is 9.28. The molecule has 6 nitrogen and oxygen atoms in total. The molecule has 2 heterocycles. The topological polar surface area (TPSA) is 79.4 Å². The second kappa shape index (κ2) is 5.63. The Bertz CT molecular complexity index is 786. The van der Waals surface area contributed by atoms with Crippen LogP contribution in [0.3, 0.4) is 0 Å². The highest BCUT2D eigenvalue weighted by Crippen LogP contribution is 2.60. The summed E-state index contributed by atoms with van der Waals surface area (Å²) in [6.45, 7) is 1.55. The number of carbonyl (C=O) groups is 3. The first-order valence-electron chi connectivity index (χ1n) is 9.98. The molecule has 0 aromatic carbocycles. The minimum Gasteiger partial charge on any atom is -0.318 e. The lowest BCUT2D eigenvalue weighted by Crippen LogP contribution is -2.53. The largest absolute Gasteiger partial charge is 0.325 e. The van der Waals surface area contributed by atoms with E-state index in [1.165, 1.54) is 19.3 Å². The van der Waals surface area contributed by atoms with Crippen molar-refractivity contribution in [3.8, 4) is 0 Å². The molecule has 4 aliphatic carbocycles. The maximum atomic E-state index is 13.3. The van der Waals surface area contributed by atoms with E-state index in [1.54, 1.807) is 31.3 Å². The van der Waals surface area contributed by atoms with E-state index in [0.29, 0.717) is 23.4 Å². The van der Waals surface area contributed by atoms with E-state index in [1.807, 2.05) is 0 Å². The highest BCUT2D eigenvalue weighted by molar-refractivity contribution is 6.09. The van der Waals surface area contributed by atoms with Gasteiger partial charge in [-0.15, -0.1) is 0 Å². The van der Waals surface area contributed by atoms with Crippen LogP contribution < -0.4 is 5.32 Å². The quantitative estimate of drug-likeness (QED) is 0.830. The first-order valence-corrected chi connectivity index (χ1v) is 9.98. The van der Waals surface area contributed by atoms with Gasteiger partial charge in [0.05, 0.1) is 12.2 Å². The maximum absolute atomic E-state index is 13.3. The van der Waals surface area contributed by atoms with Gasteiger partial charge in [0.2, 0.25) is 0 Å². The lowest BCUT2D eigenvalue weighted by molar-refractivity contribution is -0.147. The maximum Gasteiger partial charge on any atom is 0.325 e. The fraction of sp³-hybridized carbons (Fsp3) is 0.619. The van der Waals surface area contributed by atoms with Crippen molar-refractivity contribution < 1.29 is 14.4 Å². The highest BCUT2D eigenvalue weighted by Gasteiger charge is 2.56. The molecule has 1 aromatic rings. The molecule has 6 rings (SSSR count). The van der Waals surface area contributed by atoms with Crippen LogP contribution >= 0.6 is 0 Å². The lowest BCUT2D eigenvalue weighted by atomic mass is 9.48. The Morgan fingerprint density at radius 1 is 1.15 bits per heavy atom. The van der Waals surface area contributed by atoms with Gasteiger partial charge in [0, 0.05) is 11.6 Å². The number of amides is 3. The summed E-state index contributed by atoms with van der Waals surface area (Å²) in [5.74, 6) is 1.66. The Morgan fingerprint density at radius 3 is 2.33 bits per heavy atom. The van der Waals surface area contributed by atoms with E-state index in [2.05, 4.69) is 10.3 Å². The molecular formula is C21H25N3O3. The normalized spacial score (nSPS) is 39.7. The Hall–Kier alpha value is -2.24. The first-order chi connectivity index (χ1) is 12.9. The third-order valence-corrected chi connectivity index (χ3v) is 7.38. The summed E-state index contributed by atoms with van der Waals surface area (Å²) in [5.41, 5.74) is -1.02. The number of nitrogens with one attached hydrogen (secondary N) is 1. The molecule has 142 valence electrons. The van der Waals surface area contributed by atoms with E-state index in [9.17, 15) is 14.4 Å². The van der Waals surface area contributed by atoms with Crippen LogP contribution in [0.1, 0.15) is 51.1 Å². The summed E-state index contributed by atoms with van der Waals surface area (Å²) in [7, 11) is 0. The minimum atomic E-state index is -1.21. The molecule has 1 aliphatic heterocycles. The third kappa shape index (κ3) is 2.45. The third-order valence-electron chi connectivity index (χ3n) is 7.38. The standard InChI is InChI=1S/C21H25N3O3/c1-20(16-4-2-3-5-22-16)18(26)24(19(27)23-20)12-17(25)21-9-13-6-14(10-21)8-15(7-13)11-21/h2-5,13-15H,6-12H2,1H3,(H,23,27). The molecule has 5 fully saturated rings. The van der Waals surface area contributed by atoms with Crippen LogP contribution in [0.2, 0.25) is 0 Å². The zero-order chi connectivity index (χ0) is 18.8. The van der Waals surface area contributed by atoms with E-state index < -0.39 is 11.6 Å². The van der Waals surface area contributed by atoms with Crippen LogP contribution in [0.4, 0.5) is 4.79 Å². The average molecular weight is 367 g/mol. The number of hydrogen-bond donors (Lipinski definition) is 1. The minimum absolute atomic E-state index is 0.0790. The van der Waals surface area contributed by atoms with Gasteiger partial charge in [-0.1, -0.05) is 6.07 Å². The number of ketones is 1. The monoisotopic (exact) mass is 367 g/mol. The zero-order valence-corrected chi connectivity index (χ0v) is 15.6. The Kier molecular flexibility index (Phi) is 3.52. The van der Waals surface area contributed by atoms with Gasteiger partial charge in [0.25, 0.3) is 5.91 Å². The van der Waals surface area contributed by atoms with Crippen LogP contribution in [0.25, 0.3) is 0 Å². The van der Waals surface area contributed by atoms with Crippen molar-refractivity contribution in [1.82, 2.24) is 15.2 Å². The van der Waals surface area contributed by atoms with E-state index in [-0.39, 0.29) is 23.7 Å². The summed E-state index contributed by atoms with van der Waals surface area (Å²) in [4.78, 5) is 44.2. The van der Waals surface area contributed by atoms with Crippen molar-refractivity contribution in [2.45, 2.75) is 51.0 Å². The second-order valence-electron chi connectivity index (χ2n) is 9.28. The Labute approximate surface area is 158 Å². The molecule has 1 N–H and O–H groups in total. The number of nitrogens with zero attached hydrogens (tertiary/aromatic N) is 2. The average Bonchev–Trinajstić information content (AvgIpc) is 2.85. The molecule has 27 heavy (non-hydrogen) atoms. The fourth-order valence-corrected chi connectivity index (χ4v) is 6.44. The molecule has 6 heteroatoms. The first kappa shape index (κ1) is 16.9. The Morgan fingerprint density at radius 2 is 1.78 bits per heavy atom. The van der Waals surface area contributed by atoms with E-state index in [4.69, 9.17) is 0 Å². The predicted octanol–water partition coefficient (Wildman–Crippen LogP) is 2.63. The number of carbonyl (C=O) groups excluding carboxylic acids is 3. The molecule has 4 saturated carbocycles. The van der Waals surface area contributed by atoms with Crippen LogP contribution in [-0.4, -0.2) is 34.2 Å². The fourth-order valence-electron chi connectivity index (χ4n) is 6.44. The molecule has 5 aliphatic rings. The van der Waals surface area contributed by atoms with Crippen molar-refractivity contribution in [2.75, 3.05) is 6.54 Å². The van der Waals surface area contributed by atoms with Crippen molar-refractivity contribution >= 4 is 17.7 Å². The molecule has 0 spiro atoms. The molecule has 3 amide bonds. The highest BCUT2D eigenvalue weighted by atomic mass is 16.2. The molecule has 1 saturated heterocycles. The summed E-state index contributed by atoms with van der Waals surface area (Å²) < 4.78 is 0. The van der Waals surface area contributed by atoms with Crippen molar-refractivity contribution in [3.63, 3.8) is 0 Å². The molecule has 1 unspecified atom stereocenters. The van der Waals surface area contributed by atoms with Crippen molar-refractivity contribution in [3.05, 3.63) is 30.1 Å². The molecule has 4 bridgehead atoms. The van der Waals surface area contributed by atoms with Crippen molar-refractivity contribution in [1.29, 1.82) is 0 Å². The predicted molar refractivity (Wildman–Crippen MR) is 97.4 cm³/mol. The van der Waals surface area contributed by atoms with Gasteiger partial charge in [0.15, 0.2) is 11.3 Å².